The number of aliphatic hydroxyl groups is 1. The maximum absolute atomic E-state index is 14.4. The summed E-state index contributed by atoms with van der Waals surface area (Å²) >= 11 is 17.9. The first kappa shape index (κ1) is 32.8. The number of fused-ring (bicyclic) bond motifs is 4. The Balaban J connectivity index is 1.19. The van der Waals surface area contributed by atoms with Gasteiger partial charge in [-0.15, -0.1) is 23.2 Å². The molecular weight excluding hydrogens is 709 g/mol. The molecule has 4 fully saturated rings. The zero-order valence-electron chi connectivity index (χ0n) is 25.7. The van der Waals surface area contributed by atoms with Gasteiger partial charge in [-0.2, -0.15) is 0 Å². The third-order valence-corrected chi connectivity index (χ3v) is 12.7. The van der Waals surface area contributed by atoms with Gasteiger partial charge in [-0.1, -0.05) is 70.0 Å². The number of imide groups is 2. The van der Waals surface area contributed by atoms with E-state index in [9.17, 15) is 19.2 Å². The van der Waals surface area contributed by atoms with Gasteiger partial charge in [0.2, 0.25) is 11.8 Å². The second kappa shape index (κ2) is 12.6. The average Bonchev–Trinajstić information content (AvgIpc) is 3.42. The molecule has 2 aliphatic carbocycles. The molecule has 248 valence electrons. The number of rotatable bonds is 8. The summed E-state index contributed by atoms with van der Waals surface area (Å²) in [4.78, 5) is 57.4. The standard InChI is InChI=1S/C35H36BrCl2N3O6/c36-20-40-32(45)34(37)18-27-25(29(35(34,38)33(40)46)22-6-8-24(9-7-22)47-17-16-42)10-11-26-28(27)31(44)41(30(26)43)23-12-14-39(15-13-23)19-21-4-2-1-3-5-21/h1-10,23,26-29,42H,11-20H2/t26-,27+,28-,29-,34+,35-/m0/s1. The number of carbonyl (C=O) groups is 4. The summed E-state index contributed by atoms with van der Waals surface area (Å²) in [5, 5.41) is 9.17. The lowest BCUT2D eigenvalue weighted by Gasteiger charge is -2.50. The minimum Gasteiger partial charge on any atom is -0.491 e. The number of alkyl halides is 3. The van der Waals surface area contributed by atoms with Gasteiger partial charge < -0.3 is 9.84 Å². The van der Waals surface area contributed by atoms with Crippen LogP contribution in [-0.4, -0.2) is 91.0 Å². The highest BCUT2D eigenvalue weighted by molar-refractivity contribution is 9.09. The number of allylic oxidation sites excluding steroid dienone is 2. The van der Waals surface area contributed by atoms with Crippen LogP contribution in [0.25, 0.3) is 0 Å². The number of amides is 4. The third kappa shape index (κ3) is 5.09. The molecule has 1 N–H and O–H groups in total. The Morgan fingerprint density at radius 1 is 0.915 bits per heavy atom. The van der Waals surface area contributed by atoms with Gasteiger partial charge in [0.25, 0.3) is 11.8 Å². The number of halogens is 3. The van der Waals surface area contributed by atoms with E-state index in [4.69, 9.17) is 33.0 Å². The van der Waals surface area contributed by atoms with Crippen molar-refractivity contribution in [1.82, 2.24) is 14.7 Å². The van der Waals surface area contributed by atoms with E-state index >= 15 is 0 Å². The number of ether oxygens (including phenoxy) is 1. The number of hydrogen-bond donors (Lipinski definition) is 1. The normalized spacial score (nSPS) is 32.7. The van der Waals surface area contributed by atoms with Crippen LogP contribution in [0.15, 0.2) is 66.2 Å². The molecule has 4 amide bonds. The Labute approximate surface area is 291 Å². The van der Waals surface area contributed by atoms with E-state index in [2.05, 4.69) is 33.0 Å². The van der Waals surface area contributed by atoms with Crippen molar-refractivity contribution in [3.05, 3.63) is 77.4 Å². The maximum Gasteiger partial charge on any atom is 0.254 e. The lowest BCUT2D eigenvalue weighted by atomic mass is 9.56. The highest BCUT2D eigenvalue weighted by atomic mass is 79.9. The van der Waals surface area contributed by atoms with Crippen molar-refractivity contribution >= 4 is 62.8 Å². The van der Waals surface area contributed by atoms with Gasteiger partial charge in [0, 0.05) is 31.6 Å². The Bertz CT molecular complexity index is 1620. The molecule has 3 saturated heterocycles. The average molecular weight is 745 g/mol. The fourth-order valence-corrected chi connectivity index (χ4v) is 10.0. The molecule has 2 aromatic rings. The first-order chi connectivity index (χ1) is 22.6. The van der Waals surface area contributed by atoms with Crippen molar-refractivity contribution in [2.24, 2.45) is 17.8 Å². The van der Waals surface area contributed by atoms with E-state index in [0.717, 1.165) is 30.1 Å². The molecule has 3 aliphatic heterocycles. The van der Waals surface area contributed by atoms with Crippen LogP contribution in [0.5, 0.6) is 5.75 Å². The van der Waals surface area contributed by atoms with Crippen LogP contribution in [0, 0.1) is 17.8 Å². The summed E-state index contributed by atoms with van der Waals surface area (Å²) in [6, 6.07) is 17.0. The molecule has 12 heteroatoms. The first-order valence-corrected chi connectivity index (χ1v) is 18.0. The topological polar surface area (TPSA) is 107 Å². The van der Waals surface area contributed by atoms with E-state index in [1.165, 1.54) is 10.5 Å². The largest absolute Gasteiger partial charge is 0.491 e. The van der Waals surface area contributed by atoms with Gasteiger partial charge in [-0.05, 0) is 54.9 Å². The second-order valence-corrected chi connectivity index (χ2v) is 14.9. The molecule has 9 nitrogen and oxygen atoms in total. The molecular formula is C35H36BrCl2N3O6. The molecule has 47 heavy (non-hydrogen) atoms. The zero-order valence-corrected chi connectivity index (χ0v) is 28.8. The number of nitrogens with zero attached hydrogens (tertiary/aromatic N) is 3. The van der Waals surface area contributed by atoms with E-state index < -0.39 is 45.2 Å². The van der Waals surface area contributed by atoms with Crippen LogP contribution in [-0.2, 0) is 25.7 Å². The zero-order chi connectivity index (χ0) is 33.1. The summed E-state index contributed by atoms with van der Waals surface area (Å²) in [6.45, 7) is 2.35. The summed E-state index contributed by atoms with van der Waals surface area (Å²) in [7, 11) is 0. The molecule has 0 radical (unpaired) electrons. The highest BCUT2D eigenvalue weighted by Crippen LogP contribution is 2.65. The lowest BCUT2D eigenvalue weighted by molar-refractivity contribution is -0.144. The van der Waals surface area contributed by atoms with E-state index in [1.54, 1.807) is 24.3 Å². The third-order valence-electron chi connectivity index (χ3n) is 10.8. The fourth-order valence-electron chi connectivity index (χ4n) is 8.61. The number of benzene rings is 2. The molecule has 7 rings (SSSR count). The number of piperidine rings is 1. The van der Waals surface area contributed by atoms with Gasteiger partial charge in [-0.25, -0.2) is 0 Å². The molecule has 0 spiro atoms. The number of carbonyl (C=O) groups excluding carboxylic acids is 4. The van der Waals surface area contributed by atoms with Crippen LogP contribution in [0.3, 0.4) is 0 Å². The SMILES string of the molecule is O=C1[C@H]2[C@H](CC=C3[C@H]2C[C@@]2(Cl)C(=O)N(CBr)C(=O)[C@@]2(Cl)[C@H]3c2ccc(OCCO)cc2)C(=O)N1C1CCN(Cc2ccccc2)CC1. The van der Waals surface area contributed by atoms with Crippen molar-refractivity contribution in [3.8, 4) is 5.75 Å². The molecule has 1 saturated carbocycles. The Kier molecular flexibility index (Phi) is 8.79. The highest BCUT2D eigenvalue weighted by Gasteiger charge is 2.76. The first-order valence-electron chi connectivity index (χ1n) is 16.1. The van der Waals surface area contributed by atoms with Gasteiger partial charge in [0.05, 0.1) is 23.9 Å². The minimum atomic E-state index is -1.85. The summed E-state index contributed by atoms with van der Waals surface area (Å²) in [5.41, 5.74) is 2.57. The number of likely N-dealkylation sites (tertiary alicyclic amines) is 3. The van der Waals surface area contributed by atoms with Gasteiger partial charge >= 0.3 is 0 Å². The van der Waals surface area contributed by atoms with Crippen LogP contribution < -0.4 is 4.74 Å². The smallest absolute Gasteiger partial charge is 0.254 e. The second-order valence-electron chi connectivity index (χ2n) is 13.2. The van der Waals surface area contributed by atoms with Gasteiger partial charge in [0.15, 0.2) is 9.75 Å². The van der Waals surface area contributed by atoms with Gasteiger partial charge in [0.1, 0.15) is 12.4 Å². The predicted octanol–water partition coefficient (Wildman–Crippen LogP) is 4.43. The molecule has 0 unspecified atom stereocenters. The van der Waals surface area contributed by atoms with Crippen molar-refractivity contribution in [1.29, 1.82) is 0 Å². The summed E-state index contributed by atoms with van der Waals surface area (Å²) < 4.78 is 5.55. The summed E-state index contributed by atoms with van der Waals surface area (Å²) in [6.07, 6.45) is 3.65. The van der Waals surface area contributed by atoms with E-state index in [-0.39, 0.29) is 42.9 Å². The van der Waals surface area contributed by atoms with Crippen molar-refractivity contribution < 1.29 is 29.0 Å². The monoisotopic (exact) mass is 743 g/mol. The fraction of sp³-hybridized carbons (Fsp3) is 0.486. The van der Waals surface area contributed by atoms with Crippen LogP contribution >= 0.6 is 39.1 Å². The molecule has 3 heterocycles. The molecule has 6 atom stereocenters. The van der Waals surface area contributed by atoms with Crippen LogP contribution in [0.1, 0.15) is 42.7 Å². The molecule has 2 aromatic carbocycles. The van der Waals surface area contributed by atoms with Crippen molar-refractivity contribution in [3.63, 3.8) is 0 Å². The van der Waals surface area contributed by atoms with Crippen LogP contribution in [0.2, 0.25) is 0 Å². The number of aliphatic hydroxyl groups excluding tert-OH is 1. The number of hydrogen-bond acceptors (Lipinski definition) is 7. The lowest BCUT2D eigenvalue weighted by Crippen LogP contribution is -2.60. The Morgan fingerprint density at radius 3 is 2.28 bits per heavy atom. The molecule has 5 aliphatic rings. The van der Waals surface area contributed by atoms with Crippen molar-refractivity contribution in [2.45, 2.75) is 53.9 Å². The minimum absolute atomic E-state index is 0.0320. The van der Waals surface area contributed by atoms with Crippen molar-refractivity contribution in [2.75, 3.05) is 31.8 Å². The quantitative estimate of drug-likeness (QED) is 0.185. The molecule has 0 bridgehead atoms. The maximum atomic E-state index is 14.4. The van der Waals surface area contributed by atoms with E-state index in [0.29, 0.717) is 30.6 Å². The van der Waals surface area contributed by atoms with Gasteiger partial charge in [-0.3, -0.25) is 33.9 Å². The molecule has 0 aromatic heterocycles. The Hall–Kier alpha value is -2.76. The van der Waals surface area contributed by atoms with Crippen LogP contribution in [0.4, 0.5) is 0 Å². The Morgan fingerprint density at radius 2 is 1.62 bits per heavy atom. The predicted molar refractivity (Wildman–Crippen MR) is 179 cm³/mol. The summed E-state index contributed by atoms with van der Waals surface area (Å²) in [5.74, 6) is -3.71. The van der Waals surface area contributed by atoms with E-state index in [1.807, 2.05) is 24.3 Å².